The smallest absolute Gasteiger partial charge is 0.119 e. The minimum absolute atomic E-state index is 0.576. The van der Waals surface area contributed by atoms with Crippen LogP contribution in [0.1, 0.15) is 12.0 Å². The van der Waals surface area contributed by atoms with Crippen LogP contribution < -0.4 is 10.5 Å². The summed E-state index contributed by atoms with van der Waals surface area (Å²) in [5, 5.41) is 0. The predicted molar refractivity (Wildman–Crippen MR) is 54.6 cm³/mol. The van der Waals surface area contributed by atoms with Crippen LogP contribution in [0.3, 0.4) is 0 Å². The Balaban J connectivity index is 2.44. The van der Waals surface area contributed by atoms with Gasteiger partial charge in [0.1, 0.15) is 5.75 Å². The zero-order valence-corrected chi connectivity index (χ0v) is 7.70. The minimum Gasteiger partial charge on any atom is -0.493 e. The molecular formula is C11H15NO. The van der Waals surface area contributed by atoms with Gasteiger partial charge in [0, 0.05) is 6.54 Å². The van der Waals surface area contributed by atoms with Gasteiger partial charge in [-0.2, -0.15) is 0 Å². The monoisotopic (exact) mass is 177 g/mol. The molecule has 0 aliphatic carbocycles. The number of benzene rings is 1. The predicted octanol–water partition coefficient (Wildman–Crippen LogP) is 2.10. The van der Waals surface area contributed by atoms with Gasteiger partial charge in [0.25, 0.3) is 0 Å². The topological polar surface area (TPSA) is 35.2 Å². The largest absolute Gasteiger partial charge is 0.493 e. The van der Waals surface area contributed by atoms with Crippen LogP contribution in [0.5, 0.6) is 5.75 Å². The van der Waals surface area contributed by atoms with Gasteiger partial charge < -0.3 is 10.5 Å². The first kappa shape index (κ1) is 9.81. The molecule has 13 heavy (non-hydrogen) atoms. The molecule has 1 rings (SSSR count). The second-order valence-corrected chi connectivity index (χ2v) is 2.77. The Kier molecular flexibility index (Phi) is 4.06. The Labute approximate surface area is 79.0 Å². The van der Waals surface area contributed by atoms with Crippen LogP contribution >= 0.6 is 0 Å². The maximum atomic E-state index is 5.47. The third-order valence-electron chi connectivity index (χ3n) is 1.75. The van der Waals surface area contributed by atoms with Crippen LogP contribution in [0.2, 0.25) is 0 Å². The SMILES string of the molecule is C=CCCOc1ccc(CN)cc1. The van der Waals surface area contributed by atoms with Gasteiger partial charge in [-0.15, -0.1) is 6.58 Å². The van der Waals surface area contributed by atoms with E-state index in [-0.39, 0.29) is 0 Å². The number of nitrogens with two attached hydrogens (primary N) is 1. The molecule has 0 saturated carbocycles. The highest BCUT2D eigenvalue weighted by Gasteiger charge is 1.92. The normalized spacial score (nSPS) is 9.62. The molecule has 0 fully saturated rings. The second kappa shape index (κ2) is 5.38. The average molecular weight is 177 g/mol. The molecule has 2 N–H and O–H groups in total. The molecule has 0 unspecified atom stereocenters. The van der Waals surface area contributed by atoms with Crippen molar-refractivity contribution < 1.29 is 4.74 Å². The zero-order chi connectivity index (χ0) is 9.52. The Morgan fingerprint density at radius 1 is 1.31 bits per heavy atom. The van der Waals surface area contributed by atoms with E-state index in [0.717, 1.165) is 17.7 Å². The molecule has 0 radical (unpaired) electrons. The lowest BCUT2D eigenvalue weighted by Crippen LogP contribution is -1.97. The standard InChI is InChI=1S/C11H15NO/c1-2-3-8-13-11-6-4-10(9-12)5-7-11/h2,4-7H,1,3,8-9,12H2. The van der Waals surface area contributed by atoms with Gasteiger partial charge >= 0.3 is 0 Å². The lowest BCUT2D eigenvalue weighted by atomic mass is 10.2. The van der Waals surface area contributed by atoms with Crippen LogP contribution in [0.15, 0.2) is 36.9 Å². The summed E-state index contributed by atoms with van der Waals surface area (Å²) in [4.78, 5) is 0. The third-order valence-corrected chi connectivity index (χ3v) is 1.75. The summed E-state index contributed by atoms with van der Waals surface area (Å²) in [7, 11) is 0. The van der Waals surface area contributed by atoms with Gasteiger partial charge in [-0.25, -0.2) is 0 Å². The van der Waals surface area contributed by atoms with Crippen molar-refractivity contribution in [3.05, 3.63) is 42.5 Å². The lowest BCUT2D eigenvalue weighted by molar-refractivity contribution is 0.325. The molecule has 1 aromatic rings. The molecule has 1 aromatic carbocycles. The Morgan fingerprint density at radius 3 is 2.54 bits per heavy atom. The minimum atomic E-state index is 0.576. The lowest BCUT2D eigenvalue weighted by Gasteiger charge is -2.04. The van der Waals surface area contributed by atoms with Gasteiger partial charge in [-0.1, -0.05) is 18.2 Å². The van der Waals surface area contributed by atoms with E-state index in [4.69, 9.17) is 10.5 Å². The molecule has 0 aliphatic rings. The van der Waals surface area contributed by atoms with E-state index in [0.29, 0.717) is 13.2 Å². The molecule has 70 valence electrons. The molecule has 0 heterocycles. The average Bonchev–Trinajstić information content (AvgIpc) is 2.19. The van der Waals surface area contributed by atoms with Crippen LogP contribution in [-0.2, 0) is 6.54 Å². The number of hydrogen-bond acceptors (Lipinski definition) is 2. The first-order valence-electron chi connectivity index (χ1n) is 4.39. The van der Waals surface area contributed by atoms with Gasteiger partial charge in [0.05, 0.1) is 6.61 Å². The fraction of sp³-hybridized carbons (Fsp3) is 0.273. The summed E-state index contributed by atoms with van der Waals surface area (Å²) in [5.74, 6) is 0.888. The van der Waals surface area contributed by atoms with Gasteiger partial charge in [0.15, 0.2) is 0 Å². The Hall–Kier alpha value is -1.28. The molecule has 0 saturated heterocycles. The molecule has 0 atom stereocenters. The summed E-state index contributed by atoms with van der Waals surface area (Å²) in [5.41, 5.74) is 6.59. The van der Waals surface area contributed by atoms with Crippen molar-refractivity contribution in [1.29, 1.82) is 0 Å². The highest BCUT2D eigenvalue weighted by Crippen LogP contribution is 2.11. The number of ether oxygens (including phenoxy) is 1. The first-order valence-corrected chi connectivity index (χ1v) is 4.39. The third kappa shape index (κ3) is 3.30. The maximum absolute atomic E-state index is 5.47. The van der Waals surface area contributed by atoms with Crippen molar-refractivity contribution in [2.45, 2.75) is 13.0 Å². The van der Waals surface area contributed by atoms with Crippen molar-refractivity contribution in [2.24, 2.45) is 5.73 Å². The zero-order valence-electron chi connectivity index (χ0n) is 7.70. The van der Waals surface area contributed by atoms with E-state index in [1.54, 1.807) is 0 Å². The molecule has 0 spiro atoms. The quantitative estimate of drug-likeness (QED) is 0.552. The molecule has 0 amide bonds. The van der Waals surface area contributed by atoms with Crippen molar-refractivity contribution in [1.82, 2.24) is 0 Å². The summed E-state index contributed by atoms with van der Waals surface area (Å²) < 4.78 is 5.43. The van der Waals surface area contributed by atoms with E-state index in [1.807, 2.05) is 30.3 Å². The van der Waals surface area contributed by atoms with Gasteiger partial charge in [-0.05, 0) is 24.1 Å². The fourth-order valence-electron chi connectivity index (χ4n) is 0.982. The summed E-state index contributed by atoms with van der Waals surface area (Å²) >= 11 is 0. The van der Waals surface area contributed by atoms with E-state index >= 15 is 0 Å². The Bertz CT molecular complexity index is 253. The maximum Gasteiger partial charge on any atom is 0.119 e. The molecule has 2 heteroatoms. The Morgan fingerprint density at radius 2 is 2.00 bits per heavy atom. The van der Waals surface area contributed by atoms with Crippen LogP contribution in [0.25, 0.3) is 0 Å². The highest BCUT2D eigenvalue weighted by atomic mass is 16.5. The second-order valence-electron chi connectivity index (χ2n) is 2.77. The summed E-state index contributed by atoms with van der Waals surface area (Å²) in [6.45, 7) is 4.89. The molecule has 0 aromatic heterocycles. The summed E-state index contributed by atoms with van der Waals surface area (Å²) in [6.07, 6.45) is 2.72. The fourth-order valence-corrected chi connectivity index (χ4v) is 0.982. The summed E-state index contributed by atoms with van der Waals surface area (Å²) in [6, 6.07) is 7.82. The van der Waals surface area contributed by atoms with Gasteiger partial charge in [0.2, 0.25) is 0 Å². The van der Waals surface area contributed by atoms with E-state index in [2.05, 4.69) is 6.58 Å². The highest BCUT2D eigenvalue weighted by molar-refractivity contribution is 5.27. The van der Waals surface area contributed by atoms with Gasteiger partial charge in [-0.3, -0.25) is 0 Å². The van der Waals surface area contributed by atoms with E-state index in [1.165, 1.54) is 0 Å². The molecule has 0 aliphatic heterocycles. The number of hydrogen-bond donors (Lipinski definition) is 1. The van der Waals surface area contributed by atoms with Crippen LogP contribution in [0.4, 0.5) is 0 Å². The van der Waals surface area contributed by atoms with Crippen LogP contribution in [-0.4, -0.2) is 6.61 Å². The molecular weight excluding hydrogens is 162 g/mol. The molecule has 0 bridgehead atoms. The van der Waals surface area contributed by atoms with E-state index in [9.17, 15) is 0 Å². The van der Waals surface area contributed by atoms with Crippen molar-refractivity contribution in [3.63, 3.8) is 0 Å². The van der Waals surface area contributed by atoms with Crippen LogP contribution in [0, 0.1) is 0 Å². The van der Waals surface area contributed by atoms with E-state index < -0.39 is 0 Å². The van der Waals surface area contributed by atoms with Crippen molar-refractivity contribution >= 4 is 0 Å². The van der Waals surface area contributed by atoms with Crippen molar-refractivity contribution in [2.75, 3.05) is 6.61 Å². The molecule has 2 nitrogen and oxygen atoms in total. The van der Waals surface area contributed by atoms with Crippen molar-refractivity contribution in [3.8, 4) is 5.75 Å². The number of rotatable bonds is 5. The first-order chi connectivity index (χ1) is 6.36.